The number of hydrogen-bond donors (Lipinski definition) is 0. The summed E-state index contributed by atoms with van der Waals surface area (Å²) in [6, 6.07) is 0. The third-order valence-electron chi connectivity index (χ3n) is 5.06. The molecule has 1 saturated carbocycles. The molecule has 0 spiro atoms. The summed E-state index contributed by atoms with van der Waals surface area (Å²) < 4.78 is 72.8. The van der Waals surface area contributed by atoms with Crippen molar-refractivity contribution >= 4 is 0 Å². The van der Waals surface area contributed by atoms with Crippen LogP contribution in [-0.4, -0.2) is 12.3 Å². The second kappa shape index (κ2) is 8.98. The van der Waals surface area contributed by atoms with Crippen molar-refractivity contribution in [2.75, 3.05) is 0 Å². The fraction of sp³-hybridized carbons (Fsp3) is 0.895. The maximum absolute atomic E-state index is 14.3. The lowest BCUT2D eigenvalue weighted by Gasteiger charge is -2.30. The molecule has 0 aromatic carbocycles. The van der Waals surface area contributed by atoms with Gasteiger partial charge < -0.3 is 0 Å². The van der Waals surface area contributed by atoms with Gasteiger partial charge in [-0.25, -0.2) is 13.2 Å². The van der Waals surface area contributed by atoms with Crippen LogP contribution in [0.2, 0.25) is 0 Å². The molecule has 0 saturated heterocycles. The minimum atomic E-state index is -3.79. The highest BCUT2D eigenvalue weighted by Crippen LogP contribution is 2.37. The second-order valence-corrected chi connectivity index (χ2v) is 6.81. The van der Waals surface area contributed by atoms with E-state index in [4.69, 9.17) is 5.48 Å². The number of alkyl halides is 2. The second-order valence-electron chi connectivity index (χ2n) is 6.81. The number of unbranched alkanes of at least 4 members (excludes halogenated alkanes) is 2. The molecule has 0 aromatic rings. The van der Waals surface area contributed by atoms with E-state index in [1.807, 2.05) is 0 Å². The van der Waals surface area contributed by atoms with E-state index in [-0.39, 0.29) is 6.42 Å². The summed E-state index contributed by atoms with van der Waals surface area (Å²) in [4.78, 5) is 0. The molecular weight excluding hydrogens is 285 g/mol. The van der Waals surface area contributed by atoms with E-state index in [0.717, 1.165) is 31.6 Å². The Morgan fingerprint density at radius 3 is 2.36 bits per heavy atom. The van der Waals surface area contributed by atoms with Gasteiger partial charge in [-0.15, -0.1) is 0 Å². The SMILES string of the molecule is [2H]C1(CCC2CCC(CCCCC)CC2)C=C(F)C(F)C([2H])(F)C1([2H])[2H]. The van der Waals surface area contributed by atoms with Gasteiger partial charge in [0.1, 0.15) is 12.0 Å². The van der Waals surface area contributed by atoms with Gasteiger partial charge in [-0.3, -0.25) is 0 Å². The molecule has 2 rings (SSSR count). The lowest BCUT2D eigenvalue weighted by atomic mass is 9.76. The Balaban J connectivity index is 1.93. The lowest BCUT2D eigenvalue weighted by Crippen LogP contribution is -2.26. The van der Waals surface area contributed by atoms with Crippen LogP contribution in [0.1, 0.15) is 83.0 Å². The van der Waals surface area contributed by atoms with Gasteiger partial charge in [0.2, 0.25) is 0 Å². The summed E-state index contributed by atoms with van der Waals surface area (Å²) in [5.41, 5.74) is 0. The fourth-order valence-corrected chi connectivity index (χ4v) is 3.60. The van der Waals surface area contributed by atoms with Crippen molar-refractivity contribution in [3.05, 3.63) is 11.9 Å². The lowest BCUT2D eigenvalue weighted by molar-refractivity contribution is 0.131. The van der Waals surface area contributed by atoms with Crippen molar-refractivity contribution in [1.82, 2.24) is 0 Å². The molecule has 0 aliphatic heterocycles. The molecule has 0 N–H and O–H groups in total. The molecule has 3 unspecified atom stereocenters. The summed E-state index contributed by atoms with van der Waals surface area (Å²) in [7, 11) is 0. The molecule has 2 aliphatic rings. The Kier molecular flexibility index (Phi) is 5.26. The molecule has 2 aliphatic carbocycles. The van der Waals surface area contributed by atoms with Gasteiger partial charge >= 0.3 is 0 Å². The van der Waals surface area contributed by atoms with E-state index in [9.17, 15) is 13.2 Å². The molecule has 0 radical (unpaired) electrons. The van der Waals surface area contributed by atoms with Gasteiger partial charge in [0, 0.05) is 4.11 Å². The van der Waals surface area contributed by atoms with Crippen LogP contribution in [0.5, 0.6) is 0 Å². The first kappa shape index (κ1) is 12.9. The standard InChI is InChI=1S/C19H31F3/c1-2-3-4-5-14-6-8-15(9-7-14)10-11-16-12-17(20)19(22)18(21)13-16/h12,14-16,18-19H,2-11,13H2,1H3/i13D2,16D,18D. The van der Waals surface area contributed by atoms with Crippen molar-refractivity contribution in [3.8, 4) is 0 Å². The van der Waals surface area contributed by atoms with E-state index in [1.165, 1.54) is 25.7 Å². The van der Waals surface area contributed by atoms with Gasteiger partial charge in [0.15, 0.2) is 6.17 Å². The summed E-state index contributed by atoms with van der Waals surface area (Å²) in [6.45, 7) is 2.18. The Morgan fingerprint density at radius 2 is 1.73 bits per heavy atom. The monoisotopic (exact) mass is 320 g/mol. The van der Waals surface area contributed by atoms with Crippen LogP contribution < -0.4 is 0 Å². The predicted molar refractivity (Wildman–Crippen MR) is 85.9 cm³/mol. The van der Waals surface area contributed by atoms with E-state index in [2.05, 4.69) is 6.92 Å². The topological polar surface area (TPSA) is 0 Å². The van der Waals surface area contributed by atoms with Gasteiger partial charge in [-0.05, 0) is 43.0 Å². The van der Waals surface area contributed by atoms with Crippen LogP contribution in [0.25, 0.3) is 0 Å². The zero-order valence-corrected chi connectivity index (χ0v) is 13.5. The summed E-state index contributed by atoms with van der Waals surface area (Å²) in [6.07, 6.45) is 0.178. The quantitative estimate of drug-likeness (QED) is 0.458. The minimum absolute atomic E-state index is 0.101. The number of rotatable bonds is 7. The van der Waals surface area contributed by atoms with Crippen LogP contribution in [0.15, 0.2) is 11.9 Å². The average molecular weight is 320 g/mol. The predicted octanol–water partition coefficient (Wildman–Crippen LogP) is 6.70. The third kappa shape index (κ3) is 5.31. The number of halogens is 3. The molecule has 3 atom stereocenters. The highest BCUT2D eigenvalue weighted by atomic mass is 19.2. The van der Waals surface area contributed by atoms with Crippen molar-refractivity contribution in [2.24, 2.45) is 17.7 Å². The zero-order chi connectivity index (χ0) is 19.6. The molecule has 1 fully saturated rings. The molecule has 128 valence electrons. The van der Waals surface area contributed by atoms with Crippen LogP contribution in [0, 0.1) is 17.7 Å². The van der Waals surface area contributed by atoms with Crippen LogP contribution in [0.4, 0.5) is 13.2 Å². The van der Waals surface area contributed by atoms with E-state index >= 15 is 0 Å². The van der Waals surface area contributed by atoms with E-state index in [1.54, 1.807) is 0 Å². The van der Waals surface area contributed by atoms with Gasteiger partial charge in [0.25, 0.3) is 0 Å². The molecule has 0 aromatic heterocycles. The highest BCUT2D eigenvalue weighted by Gasteiger charge is 2.33. The summed E-state index contributed by atoms with van der Waals surface area (Å²) >= 11 is 0. The normalized spacial score (nSPS) is 47.8. The highest BCUT2D eigenvalue weighted by molar-refractivity contribution is 5.09. The Hall–Kier alpha value is -0.470. The van der Waals surface area contributed by atoms with E-state index < -0.39 is 30.4 Å². The fourth-order valence-electron chi connectivity index (χ4n) is 3.60. The minimum Gasteiger partial charge on any atom is -0.244 e. The Bertz CT molecular complexity index is 501. The van der Waals surface area contributed by atoms with Crippen LogP contribution in [-0.2, 0) is 0 Å². The first-order valence-corrected chi connectivity index (χ1v) is 8.76. The number of allylic oxidation sites excluding steroid dienone is 2. The maximum Gasteiger partial charge on any atom is 0.182 e. The molecule has 0 nitrogen and oxygen atoms in total. The smallest absolute Gasteiger partial charge is 0.182 e. The van der Waals surface area contributed by atoms with Gasteiger partial charge in [-0.2, -0.15) is 0 Å². The summed E-state index contributed by atoms with van der Waals surface area (Å²) in [5.74, 6) is -2.77. The van der Waals surface area contributed by atoms with E-state index in [0.29, 0.717) is 18.4 Å². The Morgan fingerprint density at radius 1 is 1.09 bits per heavy atom. The van der Waals surface area contributed by atoms with Gasteiger partial charge in [0.05, 0.1) is 1.37 Å². The molecule has 3 heteroatoms. The van der Waals surface area contributed by atoms with Crippen molar-refractivity contribution < 1.29 is 18.7 Å². The number of hydrogen-bond acceptors (Lipinski definition) is 0. The molecule has 0 heterocycles. The first-order chi connectivity index (χ1) is 12.0. The molecular formula is C19H31F3. The van der Waals surface area contributed by atoms with Crippen LogP contribution in [0.3, 0.4) is 0 Å². The van der Waals surface area contributed by atoms with Crippen molar-refractivity contribution in [3.63, 3.8) is 0 Å². The zero-order valence-electron chi connectivity index (χ0n) is 17.5. The van der Waals surface area contributed by atoms with Crippen LogP contribution >= 0.6 is 0 Å². The largest absolute Gasteiger partial charge is 0.244 e. The van der Waals surface area contributed by atoms with Crippen molar-refractivity contribution in [2.45, 2.75) is 89.8 Å². The molecule has 0 amide bonds. The molecule has 0 bridgehead atoms. The van der Waals surface area contributed by atoms with Gasteiger partial charge in [-0.1, -0.05) is 58.3 Å². The maximum atomic E-state index is 14.3. The average Bonchev–Trinajstić information content (AvgIpc) is 2.59. The third-order valence-corrected chi connectivity index (χ3v) is 5.06. The first-order valence-electron chi connectivity index (χ1n) is 10.8. The molecule has 22 heavy (non-hydrogen) atoms. The summed E-state index contributed by atoms with van der Waals surface area (Å²) in [5, 5.41) is 0. The van der Waals surface area contributed by atoms with Crippen molar-refractivity contribution in [1.29, 1.82) is 0 Å². The Labute approximate surface area is 139 Å².